The van der Waals surface area contributed by atoms with Gasteiger partial charge in [-0.3, -0.25) is 0 Å². The highest BCUT2D eigenvalue weighted by Gasteiger charge is 2.36. The summed E-state index contributed by atoms with van der Waals surface area (Å²) in [6.45, 7) is 12.5. The summed E-state index contributed by atoms with van der Waals surface area (Å²) in [5.41, 5.74) is 3.60. The second-order valence-electron chi connectivity index (χ2n) is 10.6. The minimum absolute atomic E-state index is 0.236. The van der Waals surface area contributed by atoms with E-state index >= 15 is 0 Å². The third-order valence-electron chi connectivity index (χ3n) is 6.75. The van der Waals surface area contributed by atoms with Crippen molar-refractivity contribution < 1.29 is 28.6 Å². The minimum Gasteiger partial charge on any atom is -0.465 e. The zero-order valence-electron chi connectivity index (χ0n) is 23.8. The molecule has 0 bridgehead atoms. The van der Waals surface area contributed by atoms with Gasteiger partial charge in [-0.1, -0.05) is 45.0 Å². The number of methoxy groups -OCH3 is 2. The molecule has 0 spiro atoms. The van der Waals surface area contributed by atoms with Gasteiger partial charge in [0, 0.05) is 13.2 Å². The smallest absolute Gasteiger partial charge is 0.337 e. The van der Waals surface area contributed by atoms with E-state index in [2.05, 4.69) is 38.6 Å². The van der Waals surface area contributed by atoms with Gasteiger partial charge in [-0.25, -0.2) is 9.59 Å². The van der Waals surface area contributed by atoms with E-state index in [1.165, 1.54) is 25.3 Å². The molecule has 0 radical (unpaired) electrons. The van der Waals surface area contributed by atoms with Gasteiger partial charge in [0.05, 0.1) is 25.3 Å². The first-order chi connectivity index (χ1) is 17.4. The molecule has 0 saturated heterocycles. The Bertz CT molecular complexity index is 930. The molecule has 37 heavy (non-hydrogen) atoms. The van der Waals surface area contributed by atoms with Gasteiger partial charge in [0.15, 0.2) is 8.32 Å². The number of carbonyl (C=O) groups is 2. The molecular weight excluding hydrogens is 484 g/mol. The Morgan fingerprint density at radius 1 is 0.730 bits per heavy atom. The molecule has 2 aromatic rings. The van der Waals surface area contributed by atoms with E-state index in [1.54, 1.807) is 12.1 Å². The maximum absolute atomic E-state index is 11.4. The molecule has 1 N–H and O–H groups in total. The third kappa shape index (κ3) is 12.1. The molecule has 7 heteroatoms. The van der Waals surface area contributed by atoms with E-state index in [9.17, 15) is 9.59 Å². The highest BCUT2D eigenvalue weighted by molar-refractivity contribution is 6.74. The summed E-state index contributed by atoms with van der Waals surface area (Å²) in [7, 11) is 1.16. The summed E-state index contributed by atoms with van der Waals surface area (Å²) >= 11 is 0. The first-order valence-electron chi connectivity index (χ1n) is 13.0. The van der Waals surface area contributed by atoms with E-state index in [0.29, 0.717) is 11.1 Å². The molecule has 2 aromatic carbocycles. The van der Waals surface area contributed by atoms with E-state index in [1.807, 2.05) is 36.4 Å². The molecule has 0 atom stereocenters. The Labute approximate surface area is 224 Å². The van der Waals surface area contributed by atoms with Gasteiger partial charge in [0.25, 0.3) is 0 Å². The Kier molecular flexibility index (Phi) is 14.4. The van der Waals surface area contributed by atoms with Crippen molar-refractivity contribution in [2.75, 3.05) is 27.4 Å². The number of hydrogen-bond acceptors (Lipinski definition) is 6. The van der Waals surface area contributed by atoms with E-state index in [4.69, 9.17) is 14.3 Å². The van der Waals surface area contributed by atoms with E-state index in [0.717, 1.165) is 45.1 Å². The largest absolute Gasteiger partial charge is 0.465 e. The SMILES string of the molecule is COC(=O)c1ccc(CCCCO)cc1.COC(=O)c1ccc(CCCCO[Si](C)(C)C(C)(C)C)cc1. The summed E-state index contributed by atoms with van der Waals surface area (Å²) in [6.07, 6.45) is 5.91. The fraction of sp³-hybridized carbons (Fsp3) is 0.533. The molecule has 0 aliphatic heterocycles. The molecule has 2 rings (SSSR count). The number of aliphatic hydroxyl groups excluding tert-OH is 1. The first kappa shape index (κ1) is 32.5. The summed E-state index contributed by atoms with van der Waals surface area (Å²) < 4.78 is 15.5. The van der Waals surface area contributed by atoms with Crippen LogP contribution in [0.1, 0.15) is 78.3 Å². The standard InChI is InChI=1S/C18H30O3Si.C12H16O3/c1-18(2,3)22(5,6)21-14-8-7-9-15-10-12-16(13-11-15)17(19)20-4;1-15-12(14)11-7-5-10(6-8-11)4-2-3-9-13/h10-13H,7-9,14H2,1-6H3;5-8,13H,2-4,9H2,1H3. The molecule has 206 valence electrons. The van der Waals surface area contributed by atoms with Crippen molar-refractivity contribution in [2.24, 2.45) is 0 Å². The number of aryl methyl sites for hydroxylation is 2. The zero-order valence-corrected chi connectivity index (χ0v) is 24.8. The van der Waals surface area contributed by atoms with Crippen LogP contribution >= 0.6 is 0 Å². The van der Waals surface area contributed by atoms with Crippen LogP contribution in [0.25, 0.3) is 0 Å². The fourth-order valence-corrected chi connectivity index (χ4v) is 4.35. The molecule has 0 unspecified atom stereocenters. The number of rotatable bonds is 12. The normalized spacial score (nSPS) is 11.4. The quantitative estimate of drug-likeness (QED) is 0.189. The highest BCUT2D eigenvalue weighted by Crippen LogP contribution is 2.36. The number of benzene rings is 2. The average Bonchev–Trinajstić information content (AvgIpc) is 2.88. The lowest BCUT2D eigenvalue weighted by Crippen LogP contribution is -2.40. The van der Waals surface area contributed by atoms with Crippen LogP contribution in [0, 0.1) is 0 Å². The van der Waals surface area contributed by atoms with Crippen molar-refractivity contribution in [1.82, 2.24) is 0 Å². The molecular formula is C30H46O6Si. The van der Waals surface area contributed by atoms with Crippen molar-refractivity contribution >= 4 is 20.3 Å². The van der Waals surface area contributed by atoms with Crippen LogP contribution in [0.3, 0.4) is 0 Å². The lowest BCUT2D eigenvalue weighted by atomic mass is 10.1. The number of hydrogen-bond donors (Lipinski definition) is 1. The molecule has 0 heterocycles. The fourth-order valence-electron chi connectivity index (χ4n) is 3.27. The predicted molar refractivity (Wildman–Crippen MR) is 152 cm³/mol. The number of esters is 2. The van der Waals surface area contributed by atoms with Crippen LogP contribution in [-0.4, -0.2) is 52.8 Å². The van der Waals surface area contributed by atoms with Crippen molar-refractivity contribution in [3.8, 4) is 0 Å². The van der Waals surface area contributed by atoms with Crippen LogP contribution in [0.2, 0.25) is 18.1 Å². The highest BCUT2D eigenvalue weighted by atomic mass is 28.4. The summed E-state index contributed by atoms with van der Waals surface area (Å²) in [5.74, 6) is -0.591. The van der Waals surface area contributed by atoms with Crippen LogP contribution < -0.4 is 0 Å². The number of carbonyl (C=O) groups excluding carboxylic acids is 2. The van der Waals surface area contributed by atoms with Gasteiger partial charge < -0.3 is 19.0 Å². The van der Waals surface area contributed by atoms with Gasteiger partial charge in [-0.2, -0.15) is 0 Å². The maximum atomic E-state index is 11.4. The van der Waals surface area contributed by atoms with Crippen molar-refractivity contribution in [3.63, 3.8) is 0 Å². The summed E-state index contributed by atoms with van der Waals surface area (Å²) in [4.78, 5) is 22.5. The van der Waals surface area contributed by atoms with Crippen molar-refractivity contribution in [1.29, 1.82) is 0 Å². The maximum Gasteiger partial charge on any atom is 0.337 e. The molecule has 6 nitrogen and oxygen atoms in total. The Balaban J connectivity index is 0.000000397. The molecule has 0 aliphatic rings. The molecule has 0 aromatic heterocycles. The second-order valence-corrected chi connectivity index (χ2v) is 15.4. The van der Waals surface area contributed by atoms with Gasteiger partial charge in [-0.05, 0) is 92.0 Å². The Morgan fingerprint density at radius 3 is 1.49 bits per heavy atom. The second kappa shape index (κ2) is 16.4. The summed E-state index contributed by atoms with van der Waals surface area (Å²) in [5, 5.41) is 8.91. The number of aliphatic hydroxyl groups is 1. The van der Waals surface area contributed by atoms with E-state index < -0.39 is 8.32 Å². The van der Waals surface area contributed by atoms with Gasteiger partial charge in [-0.15, -0.1) is 0 Å². The van der Waals surface area contributed by atoms with Crippen LogP contribution in [0.15, 0.2) is 48.5 Å². The van der Waals surface area contributed by atoms with Crippen LogP contribution in [0.4, 0.5) is 0 Å². The van der Waals surface area contributed by atoms with Gasteiger partial charge in [0.1, 0.15) is 0 Å². The van der Waals surface area contributed by atoms with Crippen LogP contribution in [-0.2, 0) is 26.7 Å². The third-order valence-corrected chi connectivity index (χ3v) is 11.3. The molecule has 0 fully saturated rings. The topological polar surface area (TPSA) is 82.1 Å². The van der Waals surface area contributed by atoms with Crippen molar-refractivity contribution in [2.45, 2.75) is 77.4 Å². The van der Waals surface area contributed by atoms with Crippen molar-refractivity contribution in [3.05, 3.63) is 70.8 Å². The lowest BCUT2D eigenvalue weighted by molar-refractivity contribution is 0.0592. The predicted octanol–water partition coefficient (Wildman–Crippen LogP) is 6.61. The lowest BCUT2D eigenvalue weighted by Gasteiger charge is -2.36. The Hall–Kier alpha value is -2.48. The molecule has 0 aliphatic carbocycles. The van der Waals surface area contributed by atoms with E-state index in [-0.39, 0.29) is 23.6 Å². The van der Waals surface area contributed by atoms with Gasteiger partial charge >= 0.3 is 11.9 Å². The number of ether oxygens (including phenoxy) is 2. The average molecular weight is 531 g/mol. The first-order valence-corrected chi connectivity index (χ1v) is 16.0. The monoisotopic (exact) mass is 530 g/mol. The zero-order chi connectivity index (χ0) is 27.9. The number of unbranched alkanes of at least 4 members (excludes halogenated alkanes) is 2. The van der Waals surface area contributed by atoms with Gasteiger partial charge in [0.2, 0.25) is 0 Å². The molecule has 0 saturated carbocycles. The molecule has 0 amide bonds. The summed E-state index contributed by atoms with van der Waals surface area (Å²) in [6, 6.07) is 15.0. The van der Waals surface area contributed by atoms with Crippen LogP contribution in [0.5, 0.6) is 0 Å². The Morgan fingerprint density at radius 2 is 1.14 bits per heavy atom. The minimum atomic E-state index is -1.61.